The molecule has 4 heteroatoms. The molecule has 132 valence electrons. The topological polar surface area (TPSA) is 50.9 Å². The van der Waals surface area contributed by atoms with Crippen LogP contribution in [0.2, 0.25) is 0 Å². The lowest BCUT2D eigenvalue weighted by molar-refractivity contribution is 0.595. The van der Waals surface area contributed by atoms with E-state index in [1.807, 2.05) is 26.0 Å². The van der Waals surface area contributed by atoms with Crippen molar-refractivity contribution in [2.45, 2.75) is 64.3 Å². The van der Waals surface area contributed by atoms with Gasteiger partial charge >= 0.3 is 0 Å². The SMILES string of the molecule is CC.CCCC(CC)c1ccc(SNCc2ccnc(N)c2)cc1. The second-order valence-electron chi connectivity index (χ2n) is 5.48. The highest BCUT2D eigenvalue weighted by Crippen LogP contribution is 2.26. The molecule has 3 N–H and O–H groups in total. The van der Waals surface area contributed by atoms with Crippen molar-refractivity contribution in [1.29, 1.82) is 0 Å². The van der Waals surface area contributed by atoms with E-state index in [0.717, 1.165) is 12.1 Å². The molecule has 0 bridgehead atoms. The molecule has 0 amide bonds. The molecule has 1 aromatic heterocycles. The van der Waals surface area contributed by atoms with Crippen molar-refractivity contribution in [1.82, 2.24) is 9.71 Å². The minimum Gasteiger partial charge on any atom is -0.384 e. The summed E-state index contributed by atoms with van der Waals surface area (Å²) in [6.07, 6.45) is 5.46. The maximum atomic E-state index is 5.68. The van der Waals surface area contributed by atoms with Crippen LogP contribution in [0.4, 0.5) is 5.82 Å². The van der Waals surface area contributed by atoms with Crippen LogP contribution in [0, 0.1) is 0 Å². The van der Waals surface area contributed by atoms with Crippen LogP contribution in [0.15, 0.2) is 47.5 Å². The average Bonchev–Trinajstić information content (AvgIpc) is 2.62. The Morgan fingerprint density at radius 3 is 2.42 bits per heavy atom. The fraction of sp³-hybridized carbons (Fsp3) is 0.450. The van der Waals surface area contributed by atoms with Crippen LogP contribution in [0.25, 0.3) is 0 Å². The van der Waals surface area contributed by atoms with Crippen molar-refractivity contribution in [2.75, 3.05) is 5.73 Å². The zero-order valence-corrected chi connectivity index (χ0v) is 16.2. The van der Waals surface area contributed by atoms with Gasteiger partial charge in [-0.2, -0.15) is 0 Å². The van der Waals surface area contributed by atoms with Crippen LogP contribution in [-0.4, -0.2) is 4.98 Å². The Morgan fingerprint density at radius 2 is 1.83 bits per heavy atom. The van der Waals surface area contributed by atoms with Gasteiger partial charge in [-0.15, -0.1) is 0 Å². The molecule has 0 spiro atoms. The number of hydrogen-bond acceptors (Lipinski definition) is 4. The summed E-state index contributed by atoms with van der Waals surface area (Å²) in [5.74, 6) is 1.26. The summed E-state index contributed by atoms with van der Waals surface area (Å²) >= 11 is 1.65. The van der Waals surface area contributed by atoms with E-state index in [1.165, 1.54) is 29.7 Å². The number of aromatic nitrogens is 1. The molecule has 1 heterocycles. The fourth-order valence-corrected chi connectivity index (χ4v) is 3.25. The van der Waals surface area contributed by atoms with E-state index in [-0.39, 0.29) is 0 Å². The van der Waals surface area contributed by atoms with Crippen LogP contribution >= 0.6 is 11.9 Å². The first-order valence-electron chi connectivity index (χ1n) is 8.93. The number of nitrogens with two attached hydrogens (primary N) is 1. The van der Waals surface area contributed by atoms with Gasteiger partial charge in [0.25, 0.3) is 0 Å². The third-order valence-corrected chi connectivity index (χ3v) is 4.59. The van der Waals surface area contributed by atoms with Gasteiger partial charge in [0.2, 0.25) is 0 Å². The summed E-state index contributed by atoms with van der Waals surface area (Å²) in [5.41, 5.74) is 8.28. The second kappa shape index (κ2) is 11.9. The van der Waals surface area contributed by atoms with E-state index in [9.17, 15) is 0 Å². The van der Waals surface area contributed by atoms with Crippen molar-refractivity contribution in [3.05, 3.63) is 53.7 Å². The molecule has 0 aliphatic rings. The van der Waals surface area contributed by atoms with Gasteiger partial charge in [0.1, 0.15) is 5.82 Å². The molecular weight excluding hydrogens is 314 g/mol. The summed E-state index contributed by atoms with van der Waals surface area (Å²) in [6.45, 7) is 9.29. The van der Waals surface area contributed by atoms with Crippen molar-refractivity contribution >= 4 is 17.8 Å². The van der Waals surface area contributed by atoms with E-state index in [1.54, 1.807) is 18.1 Å². The minimum atomic E-state index is 0.565. The fourth-order valence-electron chi connectivity index (χ4n) is 2.57. The minimum absolute atomic E-state index is 0.565. The monoisotopic (exact) mass is 345 g/mol. The third kappa shape index (κ3) is 6.93. The molecule has 0 saturated heterocycles. The average molecular weight is 346 g/mol. The predicted octanol–water partition coefficient (Wildman–Crippen LogP) is 5.78. The molecule has 0 aliphatic carbocycles. The Bertz CT molecular complexity index is 569. The Labute approximate surface area is 151 Å². The smallest absolute Gasteiger partial charge is 0.123 e. The molecule has 1 unspecified atom stereocenters. The Hall–Kier alpha value is -1.52. The van der Waals surface area contributed by atoms with Gasteiger partial charge in [0.15, 0.2) is 0 Å². The summed E-state index contributed by atoms with van der Waals surface area (Å²) in [6, 6.07) is 12.8. The van der Waals surface area contributed by atoms with E-state index in [4.69, 9.17) is 5.73 Å². The predicted molar refractivity (Wildman–Crippen MR) is 107 cm³/mol. The highest BCUT2D eigenvalue weighted by atomic mass is 32.2. The maximum Gasteiger partial charge on any atom is 0.123 e. The van der Waals surface area contributed by atoms with Crippen LogP contribution in [0.3, 0.4) is 0 Å². The largest absolute Gasteiger partial charge is 0.384 e. The third-order valence-electron chi connectivity index (χ3n) is 3.79. The number of nitrogens with zero attached hydrogens (tertiary/aromatic N) is 1. The van der Waals surface area contributed by atoms with Gasteiger partial charge in [-0.25, -0.2) is 4.98 Å². The lowest BCUT2D eigenvalue weighted by Crippen LogP contribution is -2.04. The molecule has 2 aromatic rings. The number of benzene rings is 1. The van der Waals surface area contributed by atoms with Gasteiger partial charge in [-0.05, 0) is 66.1 Å². The number of nitrogen functional groups attached to an aromatic ring is 1. The Kier molecular flexibility index (Phi) is 10.2. The number of pyridine rings is 1. The number of nitrogens with one attached hydrogen (secondary N) is 1. The Balaban J connectivity index is 0.00000139. The lowest BCUT2D eigenvalue weighted by Gasteiger charge is -2.14. The van der Waals surface area contributed by atoms with E-state index >= 15 is 0 Å². The highest BCUT2D eigenvalue weighted by molar-refractivity contribution is 7.97. The van der Waals surface area contributed by atoms with Crippen LogP contribution in [-0.2, 0) is 6.54 Å². The molecule has 2 rings (SSSR count). The molecule has 3 nitrogen and oxygen atoms in total. The van der Waals surface area contributed by atoms with Crippen LogP contribution < -0.4 is 10.5 Å². The molecule has 0 saturated carbocycles. The van der Waals surface area contributed by atoms with E-state index in [0.29, 0.717) is 11.7 Å². The summed E-state index contributed by atoms with van der Waals surface area (Å²) in [5, 5.41) is 0. The molecule has 1 aromatic carbocycles. The lowest BCUT2D eigenvalue weighted by atomic mass is 9.92. The zero-order chi connectivity index (χ0) is 17.8. The molecular formula is C20H31N3S. The maximum absolute atomic E-state index is 5.68. The van der Waals surface area contributed by atoms with Crippen molar-refractivity contribution < 1.29 is 0 Å². The van der Waals surface area contributed by atoms with Gasteiger partial charge in [-0.1, -0.05) is 46.2 Å². The first-order valence-corrected chi connectivity index (χ1v) is 9.74. The summed E-state index contributed by atoms with van der Waals surface area (Å²) < 4.78 is 3.37. The van der Waals surface area contributed by atoms with Crippen molar-refractivity contribution in [2.24, 2.45) is 0 Å². The van der Waals surface area contributed by atoms with Gasteiger partial charge in [0.05, 0.1) is 0 Å². The number of anilines is 1. The van der Waals surface area contributed by atoms with E-state index in [2.05, 4.69) is 47.8 Å². The highest BCUT2D eigenvalue weighted by Gasteiger charge is 2.07. The van der Waals surface area contributed by atoms with Crippen LogP contribution in [0.5, 0.6) is 0 Å². The standard InChI is InChI=1S/C18H25N3S.C2H6/c1-3-5-15(4-2)16-6-8-17(9-7-16)22-21-13-14-10-11-20-18(19)12-14;1-2/h6-12,15,21H,3-5,13H2,1-2H3,(H2,19,20);1-2H3. The molecule has 1 atom stereocenters. The van der Waals surface area contributed by atoms with Crippen molar-refractivity contribution in [3.8, 4) is 0 Å². The van der Waals surface area contributed by atoms with Gasteiger partial charge < -0.3 is 5.73 Å². The molecule has 0 radical (unpaired) electrons. The first-order chi connectivity index (χ1) is 11.7. The van der Waals surface area contributed by atoms with E-state index < -0.39 is 0 Å². The molecule has 24 heavy (non-hydrogen) atoms. The quantitative estimate of drug-likeness (QED) is 0.595. The van der Waals surface area contributed by atoms with Gasteiger partial charge in [0, 0.05) is 17.6 Å². The second-order valence-corrected chi connectivity index (χ2v) is 6.44. The first kappa shape index (κ1) is 20.5. The van der Waals surface area contributed by atoms with Crippen molar-refractivity contribution in [3.63, 3.8) is 0 Å². The molecule has 0 fully saturated rings. The van der Waals surface area contributed by atoms with Crippen LogP contribution in [0.1, 0.15) is 64.0 Å². The number of rotatable bonds is 8. The normalized spacial score (nSPS) is 11.5. The summed E-state index contributed by atoms with van der Waals surface area (Å²) in [4.78, 5) is 5.23. The number of hydrogen-bond donors (Lipinski definition) is 2. The van der Waals surface area contributed by atoms with Gasteiger partial charge in [-0.3, -0.25) is 4.72 Å². The zero-order valence-electron chi connectivity index (χ0n) is 15.4. The molecule has 0 aliphatic heterocycles. The Morgan fingerprint density at radius 1 is 1.12 bits per heavy atom. The summed E-state index contributed by atoms with van der Waals surface area (Å²) in [7, 11) is 0.